The molecule has 5 nitrogen and oxygen atoms in total. The van der Waals surface area contributed by atoms with E-state index in [-0.39, 0.29) is 6.04 Å². The van der Waals surface area contributed by atoms with Crippen LogP contribution in [-0.2, 0) is 13.0 Å². The molecule has 0 amide bonds. The average molecular weight is 274 g/mol. The molecule has 2 aromatic heterocycles. The molecule has 0 bridgehead atoms. The number of aromatic nitrogens is 3. The van der Waals surface area contributed by atoms with Crippen LogP contribution >= 0.6 is 0 Å². The molecule has 2 heterocycles. The monoisotopic (exact) mass is 274 g/mol. The third kappa shape index (κ3) is 3.36. The number of ether oxygens (including phenoxy) is 1. The zero-order valence-electron chi connectivity index (χ0n) is 12.1. The number of rotatable bonds is 7. The highest BCUT2D eigenvalue weighted by molar-refractivity contribution is 5.28. The highest BCUT2D eigenvalue weighted by Gasteiger charge is 2.18. The first-order valence-electron chi connectivity index (χ1n) is 7.00. The summed E-state index contributed by atoms with van der Waals surface area (Å²) >= 11 is 0. The number of nitrogens with zero attached hydrogens (tertiary/aromatic N) is 3. The highest BCUT2D eigenvalue weighted by atomic mass is 16.5. The van der Waals surface area contributed by atoms with Crippen LogP contribution in [0.5, 0.6) is 5.75 Å². The largest absolute Gasteiger partial charge is 0.493 e. The van der Waals surface area contributed by atoms with Crippen molar-refractivity contribution in [3.8, 4) is 5.75 Å². The molecule has 0 saturated heterocycles. The minimum Gasteiger partial charge on any atom is -0.493 e. The van der Waals surface area contributed by atoms with E-state index in [0.717, 1.165) is 37.3 Å². The van der Waals surface area contributed by atoms with Gasteiger partial charge in [0.15, 0.2) is 5.75 Å². The van der Waals surface area contributed by atoms with Crippen LogP contribution in [0.15, 0.2) is 30.7 Å². The van der Waals surface area contributed by atoms with Crippen molar-refractivity contribution in [2.45, 2.75) is 38.8 Å². The average Bonchev–Trinajstić information content (AvgIpc) is 2.89. The SMILES string of the molecule is CCCn1ncc(OC)c1C(N)CCc1ccncc1. The van der Waals surface area contributed by atoms with Gasteiger partial charge < -0.3 is 10.5 Å². The van der Waals surface area contributed by atoms with E-state index in [1.54, 1.807) is 13.3 Å². The maximum Gasteiger partial charge on any atom is 0.161 e. The van der Waals surface area contributed by atoms with Gasteiger partial charge in [0.25, 0.3) is 0 Å². The van der Waals surface area contributed by atoms with Crippen molar-refractivity contribution < 1.29 is 4.74 Å². The van der Waals surface area contributed by atoms with Crippen LogP contribution in [0.4, 0.5) is 0 Å². The number of pyridine rings is 1. The molecular weight excluding hydrogens is 252 g/mol. The van der Waals surface area contributed by atoms with Crippen molar-refractivity contribution >= 4 is 0 Å². The minimum absolute atomic E-state index is 0.0767. The summed E-state index contributed by atoms with van der Waals surface area (Å²) in [5, 5.41) is 4.35. The van der Waals surface area contributed by atoms with E-state index in [0.29, 0.717) is 0 Å². The normalized spacial score (nSPS) is 12.3. The molecule has 5 heteroatoms. The summed E-state index contributed by atoms with van der Waals surface area (Å²) in [5.41, 5.74) is 8.57. The third-order valence-electron chi connectivity index (χ3n) is 3.34. The summed E-state index contributed by atoms with van der Waals surface area (Å²) in [4.78, 5) is 4.02. The maximum atomic E-state index is 6.34. The molecule has 0 aliphatic rings. The minimum atomic E-state index is -0.0767. The summed E-state index contributed by atoms with van der Waals surface area (Å²) in [6, 6.07) is 3.97. The van der Waals surface area contributed by atoms with Crippen LogP contribution in [0.2, 0.25) is 0 Å². The summed E-state index contributed by atoms with van der Waals surface area (Å²) in [6.07, 6.45) is 8.16. The van der Waals surface area contributed by atoms with Gasteiger partial charge in [0.1, 0.15) is 0 Å². The van der Waals surface area contributed by atoms with Crippen LogP contribution in [-0.4, -0.2) is 21.9 Å². The van der Waals surface area contributed by atoms with E-state index in [1.807, 2.05) is 29.2 Å². The Bertz CT molecular complexity index is 524. The van der Waals surface area contributed by atoms with Gasteiger partial charge in [-0.25, -0.2) is 0 Å². The quantitative estimate of drug-likeness (QED) is 0.841. The molecule has 1 atom stereocenters. The Morgan fingerprint density at radius 3 is 2.75 bits per heavy atom. The summed E-state index contributed by atoms with van der Waals surface area (Å²) < 4.78 is 7.33. The van der Waals surface area contributed by atoms with Gasteiger partial charge in [0, 0.05) is 18.9 Å². The van der Waals surface area contributed by atoms with Gasteiger partial charge in [-0.3, -0.25) is 9.67 Å². The Morgan fingerprint density at radius 2 is 2.10 bits per heavy atom. The first kappa shape index (κ1) is 14.5. The number of hydrogen-bond donors (Lipinski definition) is 1. The molecule has 0 saturated carbocycles. The molecular formula is C15H22N4O. The lowest BCUT2D eigenvalue weighted by atomic mass is 10.0. The molecule has 0 aliphatic carbocycles. The van der Waals surface area contributed by atoms with Gasteiger partial charge >= 0.3 is 0 Å². The molecule has 0 fully saturated rings. The summed E-state index contributed by atoms with van der Waals surface area (Å²) in [5.74, 6) is 0.778. The van der Waals surface area contributed by atoms with Crippen LogP contribution in [0.3, 0.4) is 0 Å². The maximum absolute atomic E-state index is 6.34. The van der Waals surface area contributed by atoms with Crippen molar-refractivity contribution in [1.29, 1.82) is 0 Å². The van der Waals surface area contributed by atoms with E-state index < -0.39 is 0 Å². The van der Waals surface area contributed by atoms with Crippen LogP contribution < -0.4 is 10.5 Å². The number of nitrogens with two attached hydrogens (primary N) is 1. The molecule has 1 unspecified atom stereocenters. The fourth-order valence-corrected chi connectivity index (χ4v) is 2.31. The molecule has 0 radical (unpaired) electrons. The van der Waals surface area contributed by atoms with Crippen molar-refractivity contribution in [3.05, 3.63) is 42.0 Å². The Morgan fingerprint density at radius 1 is 1.35 bits per heavy atom. The Labute approximate surface area is 119 Å². The van der Waals surface area contributed by atoms with E-state index in [2.05, 4.69) is 17.0 Å². The Hall–Kier alpha value is -1.88. The first-order chi connectivity index (χ1) is 9.76. The predicted octanol–water partition coefficient (Wildman–Crippen LogP) is 2.33. The van der Waals surface area contributed by atoms with Gasteiger partial charge in [-0.15, -0.1) is 0 Å². The molecule has 0 spiro atoms. The number of hydrogen-bond acceptors (Lipinski definition) is 4. The second-order valence-corrected chi connectivity index (χ2v) is 4.82. The van der Waals surface area contributed by atoms with Gasteiger partial charge in [0.05, 0.1) is 25.0 Å². The number of aryl methyl sites for hydroxylation is 2. The van der Waals surface area contributed by atoms with Crippen LogP contribution in [0.1, 0.15) is 37.1 Å². The molecule has 2 rings (SSSR count). The van der Waals surface area contributed by atoms with Crippen LogP contribution in [0, 0.1) is 0 Å². The van der Waals surface area contributed by atoms with Crippen molar-refractivity contribution in [2.75, 3.05) is 7.11 Å². The van der Waals surface area contributed by atoms with Crippen molar-refractivity contribution in [3.63, 3.8) is 0 Å². The van der Waals surface area contributed by atoms with Gasteiger partial charge in [-0.2, -0.15) is 5.10 Å². The molecule has 2 aromatic rings. The van der Waals surface area contributed by atoms with Gasteiger partial charge in [-0.1, -0.05) is 6.92 Å². The standard InChI is InChI=1S/C15H22N4O/c1-3-10-19-15(14(20-2)11-18-19)13(16)5-4-12-6-8-17-9-7-12/h6-9,11,13H,3-5,10,16H2,1-2H3. The van der Waals surface area contributed by atoms with Crippen molar-refractivity contribution in [1.82, 2.24) is 14.8 Å². The van der Waals surface area contributed by atoms with Crippen molar-refractivity contribution in [2.24, 2.45) is 5.73 Å². The fraction of sp³-hybridized carbons (Fsp3) is 0.467. The fourth-order valence-electron chi connectivity index (χ4n) is 2.31. The summed E-state index contributed by atoms with van der Waals surface area (Å²) in [6.45, 7) is 2.99. The third-order valence-corrected chi connectivity index (χ3v) is 3.34. The molecule has 0 aromatic carbocycles. The first-order valence-corrected chi connectivity index (χ1v) is 7.00. The van der Waals surface area contributed by atoms with E-state index >= 15 is 0 Å². The van der Waals surface area contributed by atoms with Gasteiger partial charge in [-0.05, 0) is 37.0 Å². The molecule has 2 N–H and O–H groups in total. The molecule has 20 heavy (non-hydrogen) atoms. The van der Waals surface area contributed by atoms with E-state index in [9.17, 15) is 0 Å². The lowest BCUT2D eigenvalue weighted by molar-refractivity contribution is 0.398. The topological polar surface area (TPSA) is 66.0 Å². The van der Waals surface area contributed by atoms with E-state index in [4.69, 9.17) is 10.5 Å². The lowest BCUT2D eigenvalue weighted by Gasteiger charge is -2.15. The highest BCUT2D eigenvalue weighted by Crippen LogP contribution is 2.26. The zero-order valence-corrected chi connectivity index (χ0v) is 12.1. The number of methoxy groups -OCH3 is 1. The zero-order chi connectivity index (χ0) is 14.4. The van der Waals surface area contributed by atoms with Gasteiger partial charge in [0.2, 0.25) is 0 Å². The Balaban J connectivity index is 2.08. The second kappa shape index (κ2) is 7.05. The molecule has 108 valence electrons. The van der Waals surface area contributed by atoms with E-state index in [1.165, 1.54) is 5.56 Å². The Kier molecular flexibility index (Phi) is 5.12. The summed E-state index contributed by atoms with van der Waals surface area (Å²) in [7, 11) is 1.66. The second-order valence-electron chi connectivity index (χ2n) is 4.82. The molecule has 0 aliphatic heterocycles. The smallest absolute Gasteiger partial charge is 0.161 e. The predicted molar refractivity (Wildman–Crippen MR) is 78.6 cm³/mol. The lowest BCUT2D eigenvalue weighted by Crippen LogP contribution is -2.18. The van der Waals surface area contributed by atoms with Crippen LogP contribution in [0.25, 0.3) is 0 Å².